The van der Waals surface area contributed by atoms with Gasteiger partial charge >= 0.3 is 6.18 Å². The second-order valence-corrected chi connectivity index (χ2v) is 4.77. The third-order valence-electron chi connectivity index (χ3n) is 1.18. The van der Waals surface area contributed by atoms with Gasteiger partial charge in [-0.05, 0) is 12.3 Å². The first kappa shape index (κ1) is 11.7. The standard InChI is InChI=1S/C8H12F3P/c1-3-5-12(6-4-2)7-8(9,10)11/h3-4H,1-2,5-7H2. The molecule has 0 aromatic heterocycles. The SMILES string of the molecule is C=CCP(CC=C)CC(F)(F)F. The monoisotopic (exact) mass is 196 g/mol. The minimum Gasteiger partial charge on any atom is -0.171 e. The molecule has 0 aromatic rings. The Bertz CT molecular complexity index is 141. The molecule has 0 saturated carbocycles. The molecule has 0 heterocycles. The molecule has 0 atom stereocenters. The molecule has 0 amide bonds. The largest absolute Gasteiger partial charge is 0.392 e. The molecule has 0 saturated heterocycles. The quantitative estimate of drug-likeness (QED) is 0.467. The van der Waals surface area contributed by atoms with Gasteiger partial charge in [-0.15, -0.1) is 13.2 Å². The summed E-state index contributed by atoms with van der Waals surface area (Å²) in [6, 6.07) is 0. The fourth-order valence-electron chi connectivity index (χ4n) is 0.822. The Kier molecular flexibility index (Phi) is 5.23. The Hall–Kier alpha value is -0.300. The maximum atomic E-state index is 11.9. The molecule has 0 bridgehead atoms. The second kappa shape index (κ2) is 5.36. The third-order valence-corrected chi connectivity index (χ3v) is 3.53. The van der Waals surface area contributed by atoms with E-state index in [1.54, 1.807) is 12.2 Å². The number of alkyl halides is 3. The van der Waals surface area contributed by atoms with E-state index in [9.17, 15) is 13.2 Å². The van der Waals surface area contributed by atoms with Gasteiger partial charge in [0.15, 0.2) is 0 Å². The van der Waals surface area contributed by atoms with Crippen LogP contribution in [0.1, 0.15) is 0 Å². The van der Waals surface area contributed by atoms with Crippen LogP contribution in [-0.4, -0.2) is 24.7 Å². The molecule has 0 rings (SSSR count). The molecule has 12 heavy (non-hydrogen) atoms. The van der Waals surface area contributed by atoms with Crippen LogP contribution in [0.5, 0.6) is 0 Å². The molecule has 0 aliphatic heterocycles. The van der Waals surface area contributed by atoms with Gasteiger partial charge in [-0.3, -0.25) is 0 Å². The van der Waals surface area contributed by atoms with Gasteiger partial charge in [-0.2, -0.15) is 13.2 Å². The summed E-state index contributed by atoms with van der Waals surface area (Å²) in [6.45, 7) is 6.85. The summed E-state index contributed by atoms with van der Waals surface area (Å²) in [6.07, 6.45) is -0.721. The van der Waals surface area contributed by atoms with E-state index >= 15 is 0 Å². The maximum Gasteiger partial charge on any atom is 0.392 e. The molecule has 0 spiro atoms. The highest BCUT2D eigenvalue weighted by Crippen LogP contribution is 2.41. The smallest absolute Gasteiger partial charge is 0.171 e. The highest BCUT2D eigenvalue weighted by atomic mass is 31.1. The summed E-state index contributed by atoms with van der Waals surface area (Å²) in [5.74, 6) is 0. The summed E-state index contributed by atoms with van der Waals surface area (Å²) in [4.78, 5) is 0. The lowest BCUT2D eigenvalue weighted by atomic mass is 10.7. The van der Waals surface area contributed by atoms with Crippen molar-refractivity contribution in [3.63, 3.8) is 0 Å². The van der Waals surface area contributed by atoms with Gasteiger partial charge in [-0.25, -0.2) is 0 Å². The Morgan fingerprint density at radius 1 is 1.08 bits per heavy atom. The van der Waals surface area contributed by atoms with Crippen LogP contribution < -0.4 is 0 Å². The molecule has 0 nitrogen and oxygen atoms in total. The van der Waals surface area contributed by atoms with Crippen molar-refractivity contribution in [1.29, 1.82) is 0 Å². The van der Waals surface area contributed by atoms with E-state index in [0.29, 0.717) is 12.3 Å². The zero-order valence-corrected chi connectivity index (χ0v) is 7.67. The first-order chi connectivity index (χ1) is 5.49. The highest BCUT2D eigenvalue weighted by molar-refractivity contribution is 7.58. The molecule has 70 valence electrons. The van der Waals surface area contributed by atoms with E-state index in [0.717, 1.165) is 0 Å². The topological polar surface area (TPSA) is 0 Å². The van der Waals surface area contributed by atoms with Gasteiger partial charge in [0.1, 0.15) is 0 Å². The molecule has 0 aromatic carbocycles. The summed E-state index contributed by atoms with van der Waals surface area (Å²) in [5, 5.41) is 0. The molecule has 4 heteroatoms. The molecule has 0 N–H and O–H groups in total. The van der Waals surface area contributed by atoms with Crippen molar-refractivity contribution in [3.8, 4) is 0 Å². The van der Waals surface area contributed by atoms with Crippen LogP contribution >= 0.6 is 7.92 Å². The van der Waals surface area contributed by atoms with Crippen molar-refractivity contribution in [2.24, 2.45) is 0 Å². The minimum atomic E-state index is -4.04. The summed E-state index contributed by atoms with van der Waals surface area (Å²) in [5.41, 5.74) is 0. The lowest BCUT2D eigenvalue weighted by molar-refractivity contribution is -0.106. The predicted octanol–water partition coefficient (Wildman–Crippen LogP) is 3.40. The Morgan fingerprint density at radius 2 is 1.50 bits per heavy atom. The van der Waals surface area contributed by atoms with E-state index in [4.69, 9.17) is 0 Å². The minimum absolute atomic E-state index is 0.459. The number of hydrogen-bond donors (Lipinski definition) is 0. The number of allylic oxidation sites excluding steroid dienone is 2. The average Bonchev–Trinajstić information content (AvgIpc) is 1.84. The molecule has 0 fully saturated rings. The zero-order valence-electron chi connectivity index (χ0n) is 6.77. The van der Waals surface area contributed by atoms with E-state index in [-0.39, 0.29) is 0 Å². The normalized spacial score (nSPS) is 11.7. The first-order valence-corrected chi connectivity index (χ1v) is 5.40. The highest BCUT2D eigenvalue weighted by Gasteiger charge is 2.30. The van der Waals surface area contributed by atoms with Gasteiger partial charge < -0.3 is 0 Å². The fourth-order valence-corrected chi connectivity index (χ4v) is 2.47. The van der Waals surface area contributed by atoms with Crippen molar-refractivity contribution in [2.45, 2.75) is 6.18 Å². The number of hydrogen-bond acceptors (Lipinski definition) is 0. The average molecular weight is 196 g/mol. The lowest BCUT2D eigenvalue weighted by Gasteiger charge is -2.15. The molecule has 0 aliphatic rings. The third kappa shape index (κ3) is 6.41. The van der Waals surface area contributed by atoms with Crippen molar-refractivity contribution in [1.82, 2.24) is 0 Å². The van der Waals surface area contributed by atoms with Crippen molar-refractivity contribution in [2.75, 3.05) is 18.5 Å². The van der Waals surface area contributed by atoms with E-state index in [1.807, 2.05) is 0 Å². The Morgan fingerprint density at radius 3 is 1.75 bits per heavy atom. The second-order valence-electron chi connectivity index (χ2n) is 2.39. The van der Waals surface area contributed by atoms with Crippen molar-refractivity contribution >= 4 is 7.92 Å². The van der Waals surface area contributed by atoms with E-state index in [1.165, 1.54) is 0 Å². The van der Waals surface area contributed by atoms with Crippen LogP contribution in [0.15, 0.2) is 25.3 Å². The summed E-state index contributed by atoms with van der Waals surface area (Å²) >= 11 is 0. The predicted molar refractivity (Wildman–Crippen MR) is 48.0 cm³/mol. The van der Waals surface area contributed by atoms with Gasteiger partial charge in [-0.1, -0.05) is 20.1 Å². The summed E-state index contributed by atoms with van der Waals surface area (Å²) < 4.78 is 35.7. The zero-order chi connectivity index (χ0) is 9.61. The molecule has 0 aliphatic carbocycles. The maximum absolute atomic E-state index is 11.9. The van der Waals surface area contributed by atoms with Crippen LogP contribution in [0.4, 0.5) is 13.2 Å². The molecule has 0 radical (unpaired) electrons. The van der Waals surface area contributed by atoms with Gasteiger partial charge in [0.25, 0.3) is 0 Å². The molecule has 0 unspecified atom stereocenters. The number of halogens is 3. The Balaban J connectivity index is 3.93. The van der Waals surface area contributed by atoms with Crippen LogP contribution in [0.25, 0.3) is 0 Å². The van der Waals surface area contributed by atoms with E-state index < -0.39 is 20.3 Å². The van der Waals surface area contributed by atoms with Crippen molar-refractivity contribution in [3.05, 3.63) is 25.3 Å². The molecular formula is C8H12F3P. The van der Waals surface area contributed by atoms with Crippen LogP contribution in [0, 0.1) is 0 Å². The van der Waals surface area contributed by atoms with Crippen molar-refractivity contribution < 1.29 is 13.2 Å². The fraction of sp³-hybridized carbons (Fsp3) is 0.500. The van der Waals surface area contributed by atoms with Crippen LogP contribution in [0.2, 0.25) is 0 Å². The molecular weight excluding hydrogens is 184 g/mol. The van der Waals surface area contributed by atoms with Gasteiger partial charge in [0.05, 0.1) is 6.16 Å². The lowest BCUT2D eigenvalue weighted by Crippen LogP contribution is -2.14. The van der Waals surface area contributed by atoms with Gasteiger partial charge in [0.2, 0.25) is 0 Å². The first-order valence-electron chi connectivity index (χ1n) is 3.50. The van der Waals surface area contributed by atoms with E-state index in [2.05, 4.69) is 13.2 Å². The number of rotatable bonds is 5. The van der Waals surface area contributed by atoms with Gasteiger partial charge in [0, 0.05) is 0 Å². The Labute approximate surface area is 71.9 Å². The van der Waals surface area contributed by atoms with Crippen LogP contribution in [-0.2, 0) is 0 Å². The summed E-state index contributed by atoms with van der Waals surface area (Å²) in [7, 11) is -1.01. The van der Waals surface area contributed by atoms with Crippen LogP contribution in [0.3, 0.4) is 0 Å².